The third kappa shape index (κ3) is 4.21. The van der Waals surface area contributed by atoms with E-state index in [2.05, 4.69) is 0 Å². The molecule has 0 saturated carbocycles. The molecule has 0 bridgehead atoms. The van der Waals surface area contributed by atoms with Gasteiger partial charge in [0.05, 0.1) is 11.5 Å². The average molecular weight is 343 g/mol. The van der Waals surface area contributed by atoms with E-state index in [0.29, 0.717) is 31.8 Å². The molecular formula is C15H21NO6S. The van der Waals surface area contributed by atoms with Gasteiger partial charge in [0.1, 0.15) is 18.4 Å². The van der Waals surface area contributed by atoms with E-state index in [1.54, 1.807) is 19.2 Å². The average Bonchev–Trinajstić information content (AvgIpc) is 2.55. The van der Waals surface area contributed by atoms with Gasteiger partial charge in [0.25, 0.3) is 0 Å². The maximum Gasteiger partial charge on any atom is 0.322 e. The summed E-state index contributed by atoms with van der Waals surface area (Å²) in [4.78, 5) is 11.4. The van der Waals surface area contributed by atoms with Gasteiger partial charge in [-0.1, -0.05) is 0 Å². The van der Waals surface area contributed by atoms with Crippen LogP contribution >= 0.6 is 0 Å². The van der Waals surface area contributed by atoms with Crippen molar-refractivity contribution >= 4 is 16.0 Å². The van der Waals surface area contributed by atoms with Crippen LogP contribution in [0, 0.1) is 0 Å². The van der Waals surface area contributed by atoms with Crippen LogP contribution in [0.15, 0.2) is 29.2 Å². The van der Waals surface area contributed by atoms with Gasteiger partial charge in [-0.3, -0.25) is 4.79 Å². The number of nitrogens with zero attached hydrogens (tertiary/aromatic N) is 1. The number of piperidine rings is 1. The van der Waals surface area contributed by atoms with Crippen LogP contribution in [-0.4, -0.2) is 56.7 Å². The Morgan fingerprint density at radius 3 is 2.57 bits per heavy atom. The second-order valence-corrected chi connectivity index (χ2v) is 7.17. The SMILES string of the molecule is COCCOc1ccc(S(=O)(=O)N2CCCCC2C(=O)O)cc1. The third-order valence-electron chi connectivity index (χ3n) is 3.73. The van der Waals surface area contributed by atoms with Crippen LogP contribution in [0.3, 0.4) is 0 Å². The third-order valence-corrected chi connectivity index (χ3v) is 5.65. The van der Waals surface area contributed by atoms with E-state index < -0.39 is 22.0 Å². The molecule has 0 amide bonds. The van der Waals surface area contributed by atoms with Gasteiger partial charge < -0.3 is 14.6 Å². The van der Waals surface area contributed by atoms with Crippen LogP contribution < -0.4 is 4.74 Å². The highest BCUT2D eigenvalue weighted by atomic mass is 32.2. The lowest BCUT2D eigenvalue weighted by Gasteiger charge is -2.31. The first-order valence-corrected chi connectivity index (χ1v) is 8.87. The molecule has 2 rings (SSSR count). The van der Waals surface area contributed by atoms with Crippen molar-refractivity contribution < 1.29 is 27.8 Å². The summed E-state index contributed by atoms with van der Waals surface area (Å²) < 4.78 is 36.7. The van der Waals surface area contributed by atoms with E-state index >= 15 is 0 Å². The Balaban J connectivity index is 2.16. The monoisotopic (exact) mass is 343 g/mol. The van der Waals surface area contributed by atoms with Gasteiger partial charge in [-0.05, 0) is 43.5 Å². The van der Waals surface area contributed by atoms with Gasteiger partial charge in [0, 0.05) is 13.7 Å². The molecule has 1 atom stereocenters. The Morgan fingerprint density at radius 1 is 1.26 bits per heavy atom. The number of aliphatic carboxylic acids is 1. The summed E-state index contributed by atoms with van der Waals surface area (Å²) in [5.74, 6) is -0.567. The van der Waals surface area contributed by atoms with Crippen LogP contribution in [0.4, 0.5) is 0 Å². The quantitative estimate of drug-likeness (QED) is 0.751. The van der Waals surface area contributed by atoms with Crippen LogP contribution in [0.25, 0.3) is 0 Å². The van der Waals surface area contributed by atoms with Gasteiger partial charge in [0.15, 0.2) is 0 Å². The van der Waals surface area contributed by atoms with E-state index in [0.717, 1.165) is 10.7 Å². The number of hydrogen-bond donors (Lipinski definition) is 1. The van der Waals surface area contributed by atoms with Crippen molar-refractivity contribution in [1.82, 2.24) is 4.31 Å². The molecule has 1 saturated heterocycles. The molecule has 1 N–H and O–H groups in total. The van der Waals surface area contributed by atoms with Gasteiger partial charge in [-0.25, -0.2) is 8.42 Å². The van der Waals surface area contributed by atoms with E-state index in [-0.39, 0.29) is 11.4 Å². The number of benzene rings is 1. The normalized spacial score (nSPS) is 19.4. The lowest BCUT2D eigenvalue weighted by atomic mass is 10.1. The zero-order chi connectivity index (χ0) is 16.9. The lowest BCUT2D eigenvalue weighted by Crippen LogP contribution is -2.47. The fourth-order valence-electron chi connectivity index (χ4n) is 2.53. The van der Waals surface area contributed by atoms with E-state index in [9.17, 15) is 18.3 Å². The van der Waals surface area contributed by atoms with Crippen molar-refractivity contribution in [2.24, 2.45) is 0 Å². The molecule has 1 aliphatic heterocycles. The summed E-state index contributed by atoms with van der Waals surface area (Å²) in [6.07, 6.45) is 1.73. The molecule has 1 aromatic carbocycles. The first-order chi connectivity index (χ1) is 11.0. The van der Waals surface area contributed by atoms with Gasteiger partial charge in [0.2, 0.25) is 10.0 Å². The fraction of sp³-hybridized carbons (Fsp3) is 0.533. The summed E-state index contributed by atoms with van der Waals surface area (Å²) in [5.41, 5.74) is 0. The first-order valence-electron chi connectivity index (χ1n) is 7.43. The van der Waals surface area contributed by atoms with Crippen LogP contribution in [-0.2, 0) is 19.6 Å². The second kappa shape index (κ2) is 7.76. The van der Waals surface area contributed by atoms with Gasteiger partial charge >= 0.3 is 5.97 Å². The maximum atomic E-state index is 12.7. The van der Waals surface area contributed by atoms with Crippen molar-refractivity contribution in [3.05, 3.63) is 24.3 Å². The van der Waals surface area contributed by atoms with Crippen molar-refractivity contribution in [2.45, 2.75) is 30.2 Å². The Bertz CT molecular complexity index is 628. The summed E-state index contributed by atoms with van der Waals surface area (Å²) in [7, 11) is -2.26. The molecule has 1 fully saturated rings. The highest BCUT2D eigenvalue weighted by molar-refractivity contribution is 7.89. The number of carboxylic acids is 1. The smallest absolute Gasteiger partial charge is 0.322 e. The number of rotatable bonds is 7. The van der Waals surface area contributed by atoms with E-state index in [4.69, 9.17) is 9.47 Å². The molecule has 1 unspecified atom stereocenters. The summed E-state index contributed by atoms with van der Waals surface area (Å²) >= 11 is 0. The van der Waals surface area contributed by atoms with Gasteiger partial charge in [-0.2, -0.15) is 4.31 Å². The molecule has 1 aliphatic rings. The van der Waals surface area contributed by atoms with Gasteiger partial charge in [-0.15, -0.1) is 0 Å². The van der Waals surface area contributed by atoms with E-state index in [1.807, 2.05) is 0 Å². The fourth-order valence-corrected chi connectivity index (χ4v) is 4.18. The number of hydrogen-bond acceptors (Lipinski definition) is 5. The minimum Gasteiger partial charge on any atom is -0.491 e. The minimum absolute atomic E-state index is 0.0738. The number of carboxylic acid groups (broad SMARTS) is 1. The Labute approximate surface area is 135 Å². The standard InChI is InChI=1S/C15H21NO6S/c1-21-10-11-22-12-5-7-13(8-6-12)23(19,20)16-9-3-2-4-14(16)15(17)18/h5-8,14H,2-4,9-11H2,1H3,(H,17,18). The van der Waals surface area contributed by atoms with Crippen molar-refractivity contribution in [3.63, 3.8) is 0 Å². The highest BCUT2D eigenvalue weighted by Crippen LogP contribution is 2.26. The predicted octanol–water partition coefficient (Wildman–Crippen LogP) is 1.34. The second-order valence-electron chi connectivity index (χ2n) is 5.28. The lowest BCUT2D eigenvalue weighted by molar-refractivity contribution is -0.142. The number of carbonyl (C=O) groups is 1. The molecule has 0 spiro atoms. The Hall–Kier alpha value is -1.64. The van der Waals surface area contributed by atoms with E-state index in [1.165, 1.54) is 12.1 Å². The number of methoxy groups -OCH3 is 1. The van der Waals surface area contributed by atoms with Crippen molar-refractivity contribution in [1.29, 1.82) is 0 Å². The summed E-state index contributed by atoms with van der Waals surface area (Å²) in [5, 5.41) is 9.25. The molecule has 0 aliphatic carbocycles. The van der Waals surface area contributed by atoms with Crippen molar-refractivity contribution in [2.75, 3.05) is 26.9 Å². The highest BCUT2D eigenvalue weighted by Gasteiger charge is 2.37. The topological polar surface area (TPSA) is 93.1 Å². The minimum atomic E-state index is -3.83. The summed E-state index contributed by atoms with van der Waals surface area (Å²) in [6.45, 7) is 1.04. The molecule has 1 aromatic rings. The first kappa shape index (κ1) is 17.7. The van der Waals surface area contributed by atoms with Crippen LogP contribution in [0.2, 0.25) is 0 Å². The zero-order valence-electron chi connectivity index (χ0n) is 13.0. The van der Waals surface area contributed by atoms with Crippen molar-refractivity contribution in [3.8, 4) is 5.75 Å². The predicted molar refractivity (Wildman–Crippen MR) is 83.0 cm³/mol. The molecule has 7 nitrogen and oxygen atoms in total. The van der Waals surface area contributed by atoms with Crippen LogP contribution in [0.5, 0.6) is 5.75 Å². The molecular weight excluding hydrogens is 322 g/mol. The largest absolute Gasteiger partial charge is 0.491 e. The molecule has 0 aromatic heterocycles. The van der Waals surface area contributed by atoms with Crippen LogP contribution in [0.1, 0.15) is 19.3 Å². The summed E-state index contributed by atoms with van der Waals surface area (Å²) in [6, 6.07) is 4.99. The maximum absolute atomic E-state index is 12.7. The molecule has 128 valence electrons. The Kier molecular flexibility index (Phi) is 5.97. The molecule has 23 heavy (non-hydrogen) atoms. The number of ether oxygens (including phenoxy) is 2. The zero-order valence-corrected chi connectivity index (χ0v) is 13.8. The molecule has 8 heteroatoms. The number of sulfonamides is 1. The molecule has 1 heterocycles. The Morgan fingerprint density at radius 2 is 1.96 bits per heavy atom. The molecule has 0 radical (unpaired) electrons.